The number of benzene rings is 3. The van der Waals surface area contributed by atoms with Crippen molar-refractivity contribution < 1.29 is 0 Å². The topological polar surface area (TPSA) is 4.93 Å². The first kappa shape index (κ1) is 23.8. The van der Waals surface area contributed by atoms with Crippen LogP contribution in [0.5, 0.6) is 0 Å². The Labute approximate surface area is 187 Å². The zero-order valence-corrected chi connectivity index (χ0v) is 24.8. The van der Waals surface area contributed by atoms with Gasteiger partial charge in [-0.05, 0) is 29.6 Å². The Kier molecular flexibility index (Phi) is 9.86. The Bertz CT molecular complexity index is 939. The van der Waals surface area contributed by atoms with E-state index >= 15 is 0 Å². The van der Waals surface area contributed by atoms with Crippen molar-refractivity contribution in [3.8, 4) is 5.69 Å². The maximum atomic E-state index is 2.73. The van der Waals surface area contributed by atoms with Gasteiger partial charge in [-0.25, -0.2) is 0 Å². The Morgan fingerprint density at radius 3 is 1.32 bits per heavy atom. The van der Waals surface area contributed by atoms with Crippen LogP contribution in [0.2, 0.25) is 29.6 Å². The molecule has 0 aliphatic rings. The molecule has 3 aromatic carbocycles. The van der Waals surface area contributed by atoms with E-state index in [1.807, 2.05) is 0 Å². The Morgan fingerprint density at radius 1 is 0.571 bits per heavy atom. The van der Waals surface area contributed by atoms with Gasteiger partial charge in [-0.1, -0.05) is 48.5 Å². The van der Waals surface area contributed by atoms with Crippen molar-refractivity contribution in [2.45, 2.75) is 29.6 Å². The second-order valence-electron chi connectivity index (χ2n) is 7.96. The van der Waals surface area contributed by atoms with Gasteiger partial charge in [-0.2, -0.15) is 0 Å². The zero-order valence-electron chi connectivity index (χ0n) is 18.0. The fourth-order valence-electron chi connectivity index (χ4n) is 2.82. The van der Waals surface area contributed by atoms with E-state index in [1.165, 1.54) is 32.8 Å². The van der Waals surface area contributed by atoms with Crippen molar-refractivity contribution in [3.63, 3.8) is 0 Å². The van der Waals surface area contributed by atoms with Gasteiger partial charge < -0.3 is 4.57 Å². The molecule has 0 aliphatic carbocycles. The van der Waals surface area contributed by atoms with Gasteiger partial charge in [0.2, 0.25) is 0 Å². The van der Waals surface area contributed by atoms with Crippen LogP contribution in [0.4, 0.5) is 0 Å². The SMILES string of the molecule is Pc1ccc(-n2c3ccccc3c3ccccc32)cc1.[CH3][Sn]([CH3])[CH3].[CH3][Sn]([CH3])[CH3]. The fraction of sp³-hybridized carbons (Fsp3) is 0.250. The second-order valence-corrected chi connectivity index (χ2v) is 25.8. The molecule has 1 unspecified atom stereocenters. The van der Waals surface area contributed by atoms with E-state index in [-0.39, 0.29) is 0 Å². The van der Waals surface area contributed by atoms with E-state index in [4.69, 9.17) is 0 Å². The molecule has 4 rings (SSSR count). The van der Waals surface area contributed by atoms with Crippen molar-refractivity contribution in [3.05, 3.63) is 72.8 Å². The van der Waals surface area contributed by atoms with Crippen LogP contribution >= 0.6 is 9.24 Å². The summed E-state index contributed by atoms with van der Waals surface area (Å²) in [7, 11) is 2.73. The Balaban J connectivity index is 0.000000302. The number of fused-ring (bicyclic) bond motifs is 3. The molecule has 0 fully saturated rings. The number of rotatable bonds is 1. The van der Waals surface area contributed by atoms with Gasteiger partial charge in [0.25, 0.3) is 0 Å². The first-order chi connectivity index (χ1) is 13.3. The molecule has 146 valence electrons. The molecular weight excluding hydrogens is 571 g/mol. The molecule has 4 heteroatoms. The van der Waals surface area contributed by atoms with Gasteiger partial charge in [0.15, 0.2) is 0 Å². The minimum absolute atomic E-state index is 0.543. The van der Waals surface area contributed by atoms with Crippen LogP contribution in [-0.2, 0) is 0 Å². The third-order valence-electron chi connectivity index (χ3n) is 3.73. The van der Waals surface area contributed by atoms with Crippen molar-refractivity contribution in [2.75, 3.05) is 0 Å². The summed E-state index contributed by atoms with van der Waals surface area (Å²) in [6.45, 7) is 0. The van der Waals surface area contributed by atoms with Gasteiger partial charge >= 0.3 is 69.2 Å². The predicted octanol–water partition coefficient (Wildman–Crippen LogP) is 7.03. The number of hydrogen-bond donors (Lipinski definition) is 0. The molecule has 0 saturated heterocycles. The van der Waals surface area contributed by atoms with E-state index in [0.717, 1.165) is 0 Å². The summed E-state index contributed by atoms with van der Waals surface area (Å²) < 4.78 is 2.33. The molecule has 1 atom stereocenters. The van der Waals surface area contributed by atoms with E-state index in [2.05, 4.69) is 116 Å². The van der Waals surface area contributed by atoms with E-state index in [0.29, 0.717) is 0 Å². The summed E-state index contributed by atoms with van der Waals surface area (Å²) in [6.07, 6.45) is 0. The molecule has 28 heavy (non-hydrogen) atoms. The first-order valence-corrected chi connectivity index (χ1v) is 27.4. The maximum absolute atomic E-state index is 2.73. The molecule has 0 aliphatic heterocycles. The Morgan fingerprint density at radius 2 is 0.929 bits per heavy atom. The van der Waals surface area contributed by atoms with Crippen LogP contribution < -0.4 is 5.30 Å². The van der Waals surface area contributed by atoms with Crippen molar-refractivity contribution in [1.29, 1.82) is 0 Å². The van der Waals surface area contributed by atoms with E-state index < -0.39 is 39.5 Å². The molecule has 0 spiro atoms. The summed E-state index contributed by atoms with van der Waals surface area (Å²) >= 11 is -1.09. The molecule has 0 amide bonds. The third kappa shape index (κ3) is 6.78. The second kappa shape index (κ2) is 11.6. The normalized spacial score (nSPS) is 10.6. The monoisotopic (exact) mass is 605 g/mol. The minimum atomic E-state index is -0.543. The summed E-state index contributed by atoms with van der Waals surface area (Å²) in [5, 5.41) is 3.81. The van der Waals surface area contributed by atoms with Crippen LogP contribution in [0.25, 0.3) is 27.5 Å². The van der Waals surface area contributed by atoms with E-state index in [1.54, 1.807) is 0 Å². The summed E-state index contributed by atoms with van der Waals surface area (Å²) in [6, 6.07) is 25.7. The molecule has 4 aromatic rings. The number of nitrogens with zero attached hydrogens (tertiary/aromatic N) is 1. The molecule has 0 N–H and O–H groups in total. The van der Waals surface area contributed by atoms with Gasteiger partial charge in [0, 0.05) is 16.5 Å². The van der Waals surface area contributed by atoms with Crippen LogP contribution in [-0.4, -0.2) is 44.1 Å². The number of hydrogen-bond acceptors (Lipinski definition) is 0. The van der Waals surface area contributed by atoms with Crippen LogP contribution in [0.15, 0.2) is 72.8 Å². The predicted molar refractivity (Wildman–Crippen MR) is 137 cm³/mol. The van der Waals surface area contributed by atoms with Crippen LogP contribution in [0.1, 0.15) is 0 Å². The quantitative estimate of drug-likeness (QED) is 0.163. The number of para-hydroxylation sites is 2. The van der Waals surface area contributed by atoms with Crippen LogP contribution in [0.3, 0.4) is 0 Å². The Hall–Kier alpha value is -0.513. The third-order valence-corrected chi connectivity index (χ3v) is 4.12. The molecule has 2 radical (unpaired) electrons. The van der Waals surface area contributed by atoms with Gasteiger partial charge in [0.05, 0.1) is 11.0 Å². The standard InChI is InChI=1S/C18H14NP.6CH3.2Sn/c20-14-11-9-13(10-12-14)19-17-7-3-1-5-15(17)16-6-2-4-8-18(16)19;;;;;;;;/h1-12H,20H2;6*1H3;;. The average molecular weight is 603 g/mol. The molecule has 1 heterocycles. The van der Waals surface area contributed by atoms with Gasteiger partial charge in [0.1, 0.15) is 0 Å². The molecule has 1 nitrogen and oxygen atoms in total. The molecular formula is C24H32NPSn2. The average Bonchev–Trinajstić information content (AvgIpc) is 2.96. The molecule has 0 bridgehead atoms. The fourth-order valence-corrected chi connectivity index (χ4v) is 3.02. The van der Waals surface area contributed by atoms with Crippen molar-refractivity contribution >= 4 is 75.9 Å². The van der Waals surface area contributed by atoms with Gasteiger partial charge in [-0.15, -0.1) is 9.24 Å². The summed E-state index contributed by atoms with van der Waals surface area (Å²) in [4.78, 5) is 14.2. The van der Waals surface area contributed by atoms with Crippen molar-refractivity contribution in [1.82, 2.24) is 4.57 Å². The summed E-state index contributed by atoms with van der Waals surface area (Å²) in [5.41, 5.74) is 3.71. The molecule has 0 saturated carbocycles. The van der Waals surface area contributed by atoms with Crippen molar-refractivity contribution in [2.24, 2.45) is 0 Å². The number of aromatic nitrogens is 1. The zero-order chi connectivity index (χ0) is 20.7. The molecule has 1 aromatic heterocycles. The van der Waals surface area contributed by atoms with E-state index in [9.17, 15) is 0 Å². The summed E-state index contributed by atoms with van der Waals surface area (Å²) in [5.74, 6) is 0. The van der Waals surface area contributed by atoms with Crippen LogP contribution in [0, 0.1) is 0 Å². The first-order valence-electron chi connectivity index (χ1n) is 9.69. The van der Waals surface area contributed by atoms with Gasteiger partial charge in [-0.3, -0.25) is 0 Å².